The molecule has 0 saturated heterocycles. The van der Waals surface area contributed by atoms with E-state index in [1.807, 2.05) is 13.8 Å². The normalized spacial score (nSPS) is 12.2. The van der Waals surface area contributed by atoms with Gasteiger partial charge in [-0.3, -0.25) is 16.3 Å². The number of rotatable bonds is 5. The SMILES string of the molecule is COc1c(C)cnc(CC(NN)c2ccc(F)cc2)c1C. The molecule has 0 fully saturated rings. The number of benzene rings is 1. The molecule has 0 aliphatic heterocycles. The van der Waals surface area contributed by atoms with E-state index in [1.54, 1.807) is 25.4 Å². The number of nitrogens with zero attached hydrogens (tertiary/aromatic N) is 1. The van der Waals surface area contributed by atoms with Crippen molar-refractivity contribution in [3.05, 3.63) is 58.7 Å². The summed E-state index contributed by atoms with van der Waals surface area (Å²) in [7, 11) is 1.65. The highest BCUT2D eigenvalue weighted by molar-refractivity contribution is 5.41. The molecule has 112 valence electrons. The quantitative estimate of drug-likeness (QED) is 0.656. The van der Waals surface area contributed by atoms with Gasteiger partial charge in [0.1, 0.15) is 11.6 Å². The van der Waals surface area contributed by atoms with Crippen LogP contribution in [0.3, 0.4) is 0 Å². The molecule has 1 unspecified atom stereocenters. The molecule has 0 bridgehead atoms. The molecule has 0 aliphatic rings. The van der Waals surface area contributed by atoms with Crippen LogP contribution < -0.4 is 16.0 Å². The molecule has 0 aliphatic carbocycles. The number of aryl methyl sites for hydroxylation is 1. The third kappa shape index (κ3) is 3.37. The van der Waals surface area contributed by atoms with Crippen molar-refractivity contribution in [1.29, 1.82) is 0 Å². The lowest BCUT2D eigenvalue weighted by Gasteiger charge is -2.18. The lowest BCUT2D eigenvalue weighted by molar-refractivity contribution is 0.406. The molecule has 2 aromatic rings. The Morgan fingerprint density at radius 1 is 1.29 bits per heavy atom. The van der Waals surface area contributed by atoms with Crippen molar-refractivity contribution in [1.82, 2.24) is 10.4 Å². The van der Waals surface area contributed by atoms with Gasteiger partial charge < -0.3 is 4.74 Å². The van der Waals surface area contributed by atoms with Gasteiger partial charge in [0, 0.05) is 29.4 Å². The van der Waals surface area contributed by atoms with Gasteiger partial charge in [-0.2, -0.15) is 0 Å². The van der Waals surface area contributed by atoms with E-state index in [2.05, 4.69) is 10.4 Å². The zero-order valence-corrected chi connectivity index (χ0v) is 12.5. The maximum atomic E-state index is 13.0. The minimum atomic E-state index is -0.263. The van der Waals surface area contributed by atoms with E-state index in [1.165, 1.54) is 12.1 Å². The van der Waals surface area contributed by atoms with E-state index in [4.69, 9.17) is 10.6 Å². The van der Waals surface area contributed by atoms with Crippen molar-refractivity contribution >= 4 is 0 Å². The number of methoxy groups -OCH3 is 1. The van der Waals surface area contributed by atoms with Crippen molar-refractivity contribution in [2.45, 2.75) is 26.3 Å². The molecule has 0 spiro atoms. The molecule has 2 rings (SSSR count). The van der Waals surface area contributed by atoms with Crippen molar-refractivity contribution in [3.8, 4) is 5.75 Å². The first kappa shape index (κ1) is 15.4. The standard InChI is InChI=1S/C16H20FN3O/c1-10-9-19-14(11(2)16(10)21-3)8-15(20-18)12-4-6-13(17)7-5-12/h4-7,9,15,20H,8,18H2,1-3H3. The lowest BCUT2D eigenvalue weighted by atomic mass is 9.99. The minimum absolute atomic E-state index is 0.135. The van der Waals surface area contributed by atoms with E-state index in [9.17, 15) is 4.39 Å². The molecule has 5 heteroatoms. The summed E-state index contributed by atoms with van der Waals surface area (Å²) in [5.41, 5.74) is 6.58. The van der Waals surface area contributed by atoms with Crippen molar-refractivity contribution < 1.29 is 9.13 Å². The van der Waals surface area contributed by atoms with Gasteiger partial charge in [0.05, 0.1) is 13.2 Å². The lowest BCUT2D eigenvalue weighted by Crippen LogP contribution is -2.30. The number of nitrogens with one attached hydrogen (secondary N) is 1. The number of hydrogen-bond acceptors (Lipinski definition) is 4. The Morgan fingerprint density at radius 2 is 1.95 bits per heavy atom. The van der Waals surface area contributed by atoms with Crippen LogP contribution in [0.2, 0.25) is 0 Å². The van der Waals surface area contributed by atoms with Crippen LogP contribution in [0.25, 0.3) is 0 Å². The number of hydrogen-bond donors (Lipinski definition) is 2. The summed E-state index contributed by atoms with van der Waals surface area (Å²) >= 11 is 0. The van der Waals surface area contributed by atoms with Gasteiger partial charge in [0.15, 0.2) is 0 Å². The van der Waals surface area contributed by atoms with Gasteiger partial charge in [-0.05, 0) is 31.5 Å². The number of pyridine rings is 1. The van der Waals surface area contributed by atoms with E-state index in [-0.39, 0.29) is 11.9 Å². The molecule has 1 atom stereocenters. The number of hydrazine groups is 1. The fraction of sp³-hybridized carbons (Fsp3) is 0.312. The Morgan fingerprint density at radius 3 is 2.52 bits per heavy atom. The highest BCUT2D eigenvalue weighted by Gasteiger charge is 2.16. The van der Waals surface area contributed by atoms with Crippen LogP contribution in [0.1, 0.15) is 28.4 Å². The topological polar surface area (TPSA) is 60.2 Å². The second kappa shape index (κ2) is 6.65. The summed E-state index contributed by atoms with van der Waals surface area (Å²) in [6.45, 7) is 3.94. The summed E-state index contributed by atoms with van der Waals surface area (Å²) in [4.78, 5) is 4.47. The second-order valence-corrected chi connectivity index (χ2v) is 5.02. The van der Waals surface area contributed by atoms with Crippen LogP contribution in [0.15, 0.2) is 30.5 Å². The molecule has 21 heavy (non-hydrogen) atoms. The molecule has 0 amide bonds. The summed E-state index contributed by atoms with van der Waals surface area (Å²) in [5, 5.41) is 0. The van der Waals surface area contributed by atoms with Crippen LogP contribution in [-0.2, 0) is 6.42 Å². The largest absolute Gasteiger partial charge is 0.496 e. The molecular formula is C16H20FN3O. The first-order chi connectivity index (χ1) is 10.1. The number of aromatic nitrogens is 1. The Labute approximate surface area is 124 Å². The molecule has 3 N–H and O–H groups in total. The van der Waals surface area contributed by atoms with E-state index in [0.29, 0.717) is 6.42 Å². The van der Waals surface area contributed by atoms with Crippen molar-refractivity contribution in [3.63, 3.8) is 0 Å². The maximum Gasteiger partial charge on any atom is 0.128 e. The molecular weight excluding hydrogens is 269 g/mol. The van der Waals surface area contributed by atoms with Crippen LogP contribution in [-0.4, -0.2) is 12.1 Å². The molecule has 0 radical (unpaired) electrons. The predicted octanol–water partition coefficient (Wildman–Crippen LogP) is 2.59. The van der Waals surface area contributed by atoms with Gasteiger partial charge in [-0.15, -0.1) is 0 Å². The van der Waals surface area contributed by atoms with Crippen molar-refractivity contribution in [2.24, 2.45) is 5.84 Å². The number of ether oxygens (including phenoxy) is 1. The maximum absolute atomic E-state index is 13.0. The first-order valence-corrected chi connectivity index (χ1v) is 6.77. The molecule has 4 nitrogen and oxygen atoms in total. The molecule has 1 aromatic carbocycles. The highest BCUT2D eigenvalue weighted by atomic mass is 19.1. The monoisotopic (exact) mass is 289 g/mol. The van der Waals surface area contributed by atoms with E-state index in [0.717, 1.165) is 28.1 Å². The zero-order chi connectivity index (χ0) is 15.4. The summed E-state index contributed by atoms with van der Waals surface area (Å²) in [6.07, 6.45) is 2.39. The number of nitrogens with two attached hydrogens (primary N) is 1. The first-order valence-electron chi connectivity index (χ1n) is 6.77. The Bertz CT molecular complexity index is 614. The van der Waals surface area contributed by atoms with E-state index >= 15 is 0 Å². The van der Waals surface area contributed by atoms with Crippen LogP contribution in [0.4, 0.5) is 4.39 Å². The van der Waals surface area contributed by atoms with Crippen molar-refractivity contribution in [2.75, 3.05) is 7.11 Å². The highest BCUT2D eigenvalue weighted by Crippen LogP contribution is 2.27. The van der Waals surface area contributed by atoms with Gasteiger partial charge >= 0.3 is 0 Å². The minimum Gasteiger partial charge on any atom is -0.496 e. The van der Waals surface area contributed by atoms with Gasteiger partial charge in [0.25, 0.3) is 0 Å². The van der Waals surface area contributed by atoms with Gasteiger partial charge in [-0.1, -0.05) is 12.1 Å². The third-order valence-corrected chi connectivity index (χ3v) is 3.62. The fourth-order valence-electron chi connectivity index (χ4n) is 2.44. The summed E-state index contributed by atoms with van der Waals surface area (Å²) in [5.74, 6) is 6.22. The van der Waals surface area contributed by atoms with E-state index < -0.39 is 0 Å². The van der Waals surface area contributed by atoms with Gasteiger partial charge in [-0.25, -0.2) is 4.39 Å². The summed E-state index contributed by atoms with van der Waals surface area (Å²) < 4.78 is 18.4. The Kier molecular flexibility index (Phi) is 4.88. The predicted molar refractivity (Wildman–Crippen MR) is 80.4 cm³/mol. The average Bonchev–Trinajstić information content (AvgIpc) is 2.48. The zero-order valence-electron chi connectivity index (χ0n) is 12.5. The smallest absolute Gasteiger partial charge is 0.128 e. The van der Waals surface area contributed by atoms with Crippen LogP contribution in [0.5, 0.6) is 5.75 Å². The average molecular weight is 289 g/mol. The Balaban J connectivity index is 2.29. The fourth-order valence-corrected chi connectivity index (χ4v) is 2.44. The second-order valence-electron chi connectivity index (χ2n) is 5.02. The molecule has 1 heterocycles. The molecule has 0 saturated carbocycles. The summed E-state index contributed by atoms with van der Waals surface area (Å²) in [6, 6.07) is 6.16. The van der Waals surface area contributed by atoms with Gasteiger partial charge in [0.2, 0.25) is 0 Å². The number of halogens is 1. The van der Waals surface area contributed by atoms with Crippen LogP contribution >= 0.6 is 0 Å². The van der Waals surface area contributed by atoms with Crippen LogP contribution in [0, 0.1) is 19.7 Å². The Hall–Kier alpha value is -1.98. The third-order valence-electron chi connectivity index (χ3n) is 3.62. The molecule has 1 aromatic heterocycles.